The van der Waals surface area contributed by atoms with Gasteiger partial charge < -0.3 is 10.3 Å². The highest BCUT2D eigenvalue weighted by atomic mass is 16.1. The molecule has 0 bridgehead atoms. The van der Waals surface area contributed by atoms with E-state index in [0.29, 0.717) is 6.54 Å². The summed E-state index contributed by atoms with van der Waals surface area (Å²) >= 11 is 0. The van der Waals surface area contributed by atoms with Crippen molar-refractivity contribution in [2.75, 3.05) is 0 Å². The van der Waals surface area contributed by atoms with Gasteiger partial charge in [0, 0.05) is 36.5 Å². The molecule has 21 heavy (non-hydrogen) atoms. The van der Waals surface area contributed by atoms with Crippen molar-refractivity contribution in [1.82, 2.24) is 14.2 Å². The zero-order valence-corrected chi connectivity index (χ0v) is 12.2. The third-order valence-corrected chi connectivity index (χ3v) is 3.69. The first-order valence-electron chi connectivity index (χ1n) is 7.03. The van der Waals surface area contributed by atoms with E-state index in [1.165, 1.54) is 10.1 Å². The molecule has 0 unspecified atom stereocenters. The topological polar surface area (TPSA) is 65.3 Å². The predicted molar refractivity (Wildman–Crippen MR) is 83.2 cm³/mol. The van der Waals surface area contributed by atoms with Crippen LogP contribution in [0, 0.1) is 6.92 Å². The van der Waals surface area contributed by atoms with Crippen LogP contribution < -0.4 is 11.3 Å². The van der Waals surface area contributed by atoms with Crippen LogP contribution >= 0.6 is 0 Å². The van der Waals surface area contributed by atoms with E-state index in [2.05, 4.69) is 5.10 Å². The lowest BCUT2D eigenvalue weighted by molar-refractivity contribution is 0.690. The minimum Gasteiger partial charge on any atom is -0.329 e. The van der Waals surface area contributed by atoms with Gasteiger partial charge in [0.25, 0.3) is 5.56 Å². The smallest absolute Gasteiger partial charge is 0.274 e. The summed E-state index contributed by atoms with van der Waals surface area (Å²) in [5, 5.41) is 4.44. The molecule has 0 amide bonds. The van der Waals surface area contributed by atoms with Crippen molar-refractivity contribution in [2.45, 2.75) is 26.9 Å². The van der Waals surface area contributed by atoms with Gasteiger partial charge in [-0.25, -0.2) is 0 Å². The zero-order chi connectivity index (χ0) is 15.0. The summed E-state index contributed by atoms with van der Waals surface area (Å²) in [6.07, 6.45) is 0. The molecule has 0 aliphatic carbocycles. The van der Waals surface area contributed by atoms with Gasteiger partial charge in [0.15, 0.2) is 0 Å². The highest BCUT2D eigenvalue weighted by molar-refractivity contribution is 5.64. The van der Waals surface area contributed by atoms with E-state index < -0.39 is 0 Å². The van der Waals surface area contributed by atoms with Gasteiger partial charge in [-0.3, -0.25) is 4.79 Å². The van der Waals surface area contributed by atoms with E-state index in [9.17, 15) is 4.79 Å². The van der Waals surface area contributed by atoms with Crippen molar-refractivity contribution in [2.24, 2.45) is 5.73 Å². The van der Waals surface area contributed by atoms with Gasteiger partial charge in [-0.15, -0.1) is 0 Å². The number of aryl methyl sites for hydroxylation is 2. The molecular weight excluding hydrogens is 264 g/mol. The maximum absolute atomic E-state index is 12.2. The minimum atomic E-state index is -0.145. The summed E-state index contributed by atoms with van der Waals surface area (Å²) in [5.41, 5.74) is 10.2. The molecule has 0 atom stereocenters. The van der Waals surface area contributed by atoms with Crippen molar-refractivity contribution in [1.29, 1.82) is 0 Å². The number of fused-ring (bicyclic) bond motifs is 1. The van der Waals surface area contributed by atoms with Crippen LogP contribution in [0.15, 0.2) is 41.2 Å². The van der Waals surface area contributed by atoms with Crippen molar-refractivity contribution >= 4 is 5.65 Å². The van der Waals surface area contributed by atoms with Crippen LogP contribution in [0.4, 0.5) is 0 Å². The molecule has 3 aromatic rings. The van der Waals surface area contributed by atoms with Gasteiger partial charge in [-0.05, 0) is 13.8 Å². The average molecular weight is 282 g/mol. The number of aromatic nitrogens is 3. The van der Waals surface area contributed by atoms with Crippen molar-refractivity contribution in [3.8, 4) is 11.3 Å². The summed E-state index contributed by atoms with van der Waals surface area (Å²) in [7, 11) is 0. The fraction of sp³-hybridized carbons (Fsp3) is 0.250. The number of hydrogen-bond donors (Lipinski definition) is 1. The Morgan fingerprint density at radius 2 is 1.90 bits per heavy atom. The summed E-state index contributed by atoms with van der Waals surface area (Å²) in [4.78, 5) is 12.2. The lowest BCUT2D eigenvalue weighted by Crippen LogP contribution is -2.22. The van der Waals surface area contributed by atoms with Crippen molar-refractivity contribution in [3.05, 3.63) is 58.0 Å². The minimum absolute atomic E-state index is 0.145. The standard InChI is InChI=1S/C16H18N4O/c1-3-19-13(10-17)8-16(21)20-15(19)9-14(18-20)12-6-4-11(2)5-7-12/h4-9H,3,10,17H2,1-2H3. The monoisotopic (exact) mass is 282 g/mol. The molecule has 2 aromatic heterocycles. The average Bonchev–Trinajstić information content (AvgIpc) is 2.93. The molecule has 5 nitrogen and oxygen atoms in total. The van der Waals surface area contributed by atoms with Crippen LogP contribution in [0.25, 0.3) is 16.9 Å². The largest absolute Gasteiger partial charge is 0.329 e. The van der Waals surface area contributed by atoms with Gasteiger partial charge in [0.2, 0.25) is 0 Å². The van der Waals surface area contributed by atoms with Gasteiger partial charge in [0.1, 0.15) is 5.65 Å². The number of hydrogen-bond acceptors (Lipinski definition) is 3. The first-order valence-corrected chi connectivity index (χ1v) is 7.03. The number of benzene rings is 1. The van der Waals surface area contributed by atoms with Crippen LogP contribution in [0.1, 0.15) is 18.2 Å². The molecule has 0 radical (unpaired) electrons. The molecule has 108 valence electrons. The molecule has 5 heteroatoms. The van der Waals surface area contributed by atoms with Crippen LogP contribution in [0.2, 0.25) is 0 Å². The van der Waals surface area contributed by atoms with Crippen LogP contribution in [-0.2, 0) is 13.1 Å². The van der Waals surface area contributed by atoms with Gasteiger partial charge in [-0.1, -0.05) is 29.8 Å². The molecule has 2 heterocycles. The van der Waals surface area contributed by atoms with Crippen LogP contribution in [0.5, 0.6) is 0 Å². The van der Waals surface area contributed by atoms with E-state index in [1.54, 1.807) is 6.07 Å². The number of nitrogens with zero attached hydrogens (tertiary/aromatic N) is 3. The molecular formula is C16H18N4O. The molecule has 0 aliphatic heterocycles. The lowest BCUT2D eigenvalue weighted by Gasteiger charge is -2.10. The Labute approximate surface area is 122 Å². The molecule has 0 aliphatic rings. The van der Waals surface area contributed by atoms with Crippen molar-refractivity contribution < 1.29 is 0 Å². The number of rotatable bonds is 3. The quantitative estimate of drug-likeness (QED) is 0.798. The van der Waals surface area contributed by atoms with Crippen LogP contribution in [0.3, 0.4) is 0 Å². The molecule has 0 saturated heterocycles. The zero-order valence-electron chi connectivity index (χ0n) is 12.2. The Kier molecular flexibility index (Phi) is 3.35. The molecule has 1 aromatic carbocycles. The Balaban J connectivity index is 2.26. The lowest BCUT2D eigenvalue weighted by atomic mass is 10.1. The Hall–Kier alpha value is -2.40. The van der Waals surface area contributed by atoms with E-state index in [0.717, 1.165) is 29.1 Å². The maximum Gasteiger partial charge on any atom is 0.274 e. The normalized spacial score (nSPS) is 11.2. The summed E-state index contributed by atoms with van der Waals surface area (Å²) in [6.45, 7) is 5.16. The second-order valence-electron chi connectivity index (χ2n) is 5.09. The summed E-state index contributed by atoms with van der Waals surface area (Å²) in [6, 6.07) is 11.6. The SMILES string of the molecule is CCn1c(CN)cc(=O)n2nc(-c3ccc(C)cc3)cc12. The Morgan fingerprint density at radius 1 is 1.19 bits per heavy atom. The Bertz CT molecular complexity index is 843. The van der Waals surface area contributed by atoms with Gasteiger partial charge in [-0.2, -0.15) is 9.61 Å². The molecule has 0 fully saturated rings. The number of nitrogens with two attached hydrogens (primary N) is 1. The molecule has 0 saturated carbocycles. The highest BCUT2D eigenvalue weighted by Gasteiger charge is 2.11. The first-order chi connectivity index (χ1) is 10.1. The second kappa shape index (κ2) is 5.18. The molecule has 0 spiro atoms. The van der Waals surface area contributed by atoms with E-state index >= 15 is 0 Å². The highest BCUT2D eigenvalue weighted by Crippen LogP contribution is 2.20. The Morgan fingerprint density at radius 3 is 2.52 bits per heavy atom. The van der Waals surface area contributed by atoms with E-state index in [1.807, 2.05) is 48.7 Å². The van der Waals surface area contributed by atoms with Gasteiger partial charge in [0.05, 0.1) is 5.69 Å². The third kappa shape index (κ3) is 2.25. The summed E-state index contributed by atoms with van der Waals surface area (Å²) < 4.78 is 3.46. The molecule has 3 rings (SSSR count). The molecule has 2 N–H and O–H groups in total. The third-order valence-electron chi connectivity index (χ3n) is 3.69. The van der Waals surface area contributed by atoms with Crippen LogP contribution in [-0.4, -0.2) is 14.2 Å². The fourth-order valence-electron chi connectivity index (χ4n) is 2.55. The first kappa shape index (κ1) is 13.6. The predicted octanol–water partition coefficient (Wildman–Crippen LogP) is 1.95. The fourth-order valence-corrected chi connectivity index (χ4v) is 2.55. The van der Waals surface area contributed by atoms with E-state index in [-0.39, 0.29) is 5.56 Å². The van der Waals surface area contributed by atoms with E-state index in [4.69, 9.17) is 5.73 Å². The summed E-state index contributed by atoms with van der Waals surface area (Å²) in [5.74, 6) is 0. The maximum atomic E-state index is 12.2. The van der Waals surface area contributed by atoms with Gasteiger partial charge >= 0.3 is 0 Å². The second-order valence-corrected chi connectivity index (χ2v) is 5.09. The van der Waals surface area contributed by atoms with Crippen molar-refractivity contribution in [3.63, 3.8) is 0 Å².